The molecule has 0 aliphatic heterocycles. The van der Waals surface area contributed by atoms with E-state index in [0.717, 1.165) is 11.3 Å². The first kappa shape index (κ1) is 18.5. The van der Waals surface area contributed by atoms with E-state index in [9.17, 15) is 14.9 Å². The molecule has 0 saturated heterocycles. The second kappa shape index (κ2) is 8.89. The smallest absolute Gasteiger partial charge is 0.319 e. The molecule has 0 aromatic heterocycles. The summed E-state index contributed by atoms with van der Waals surface area (Å²) in [7, 11) is 0. The van der Waals surface area contributed by atoms with E-state index in [1.54, 1.807) is 0 Å². The second-order valence-electron chi connectivity index (χ2n) is 5.27. The highest BCUT2D eigenvalue weighted by atomic mass is 35.5. The Hall–Kier alpha value is -2.80. The first-order valence-corrected chi connectivity index (χ1v) is 8.02. The molecular formula is C17H18ClN3O4. The summed E-state index contributed by atoms with van der Waals surface area (Å²) in [5.74, 6) is 0.820. The third-order valence-electron chi connectivity index (χ3n) is 3.36. The predicted molar refractivity (Wildman–Crippen MR) is 96.4 cm³/mol. The molecule has 2 amide bonds. The lowest BCUT2D eigenvalue weighted by Crippen LogP contribution is -2.30. The van der Waals surface area contributed by atoms with Gasteiger partial charge in [-0.1, -0.05) is 29.8 Å². The molecule has 0 radical (unpaired) electrons. The average Bonchev–Trinajstić information content (AvgIpc) is 2.57. The monoisotopic (exact) mass is 363 g/mol. The molecule has 132 valence electrons. The number of urea groups is 1. The largest absolute Gasteiger partial charge is 0.493 e. The lowest BCUT2D eigenvalue weighted by Gasteiger charge is -2.10. The van der Waals surface area contributed by atoms with Gasteiger partial charge in [-0.15, -0.1) is 0 Å². The lowest BCUT2D eigenvalue weighted by molar-refractivity contribution is -0.384. The van der Waals surface area contributed by atoms with Crippen molar-refractivity contribution in [3.05, 3.63) is 63.2 Å². The van der Waals surface area contributed by atoms with Gasteiger partial charge in [0.1, 0.15) is 10.8 Å². The van der Waals surface area contributed by atoms with Crippen LogP contribution in [0.25, 0.3) is 0 Å². The molecule has 0 aliphatic carbocycles. The molecular weight excluding hydrogens is 346 g/mol. The van der Waals surface area contributed by atoms with Crippen LogP contribution in [0, 0.1) is 17.0 Å². The zero-order chi connectivity index (χ0) is 18.2. The highest BCUT2D eigenvalue weighted by Gasteiger charge is 2.13. The summed E-state index contributed by atoms with van der Waals surface area (Å²) in [6.45, 7) is 2.84. The van der Waals surface area contributed by atoms with Crippen molar-refractivity contribution in [2.24, 2.45) is 0 Å². The van der Waals surface area contributed by atoms with E-state index in [0.29, 0.717) is 25.3 Å². The Morgan fingerprint density at radius 1 is 1.28 bits per heavy atom. The molecule has 0 spiro atoms. The van der Waals surface area contributed by atoms with Crippen LogP contribution in [0.5, 0.6) is 5.75 Å². The number of carbonyl (C=O) groups excluding carboxylic acids is 1. The van der Waals surface area contributed by atoms with Gasteiger partial charge in [-0.2, -0.15) is 0 Å². The van der Waals surface area contributed by atoms with Crippen molar-refractivity contribution in [3.8, 4) is 5.75 Å². The SMILES string of the molecule is Cc1ccccc1OCCCNC(=O)Nc1ccc(Cl)c([N+](=O)[O-])c1. The van der Waals surface area contributed by atoms with Crippen molar-refractivity contribution < 1.29 is 14.5 Å². The van der Waals surface area contributed by atoms with Gasteiger partial charge in [-0.05, 0) is 37.1 Å². The fourth-order valence-electron chi connectivity index (χ4n) is 2.08. The van der Waals surface area contributed by atoms with Crippen LogP contribution in [-0.2, 0) is 0 Å². The van der Waals surface area contributed by atoms with Crippen molar-refractivity contribution in [2.45, 2.75) is 13.3 Å². The van der Waals surface area contributed by atoms with E-state index < -0.39 is 11.0 Å². The molecule has 0 heterocycles. The van der Waals surface area contributed by atoms with Crippen LogP contribution in [0.4, 0.5) is 16.2 Å². The van der Waals surface area contributed by atoms with Crippen LogP contribution in [0.15, 0.2) is 42.5 Å². The molecule has 0 saturated carbocycles. The third kappa shape index (κ3) is 5.65. The molecule has 2 rings (SSSR count). The molecule has 8 heteroatoms. The van der Waals surface area contributed by atoms with E-state index >= 15 is 0 Å². The minimum atomic E-state index is -0.603. The number of rotatable bonds is 7. The molecule has 2 aromatic carbocycles. The van der Waals surface area contributed by atoms with Crippen LogP contribution in [0.2, 0.25) is 5.02 Å². The van der Waals surface area contributed by atoms with Crippen LogP contribution in [0.3, 0.4) is 0 Å². The number of halogens is 1. The van der Waals surface area contributed by atoms with Crippen molar-refractivity contribution >= 4 is 29.0 Å². The number of ether oxygens (including phenoxy) is 1. The van der Waals surface area contributed by atoms with E-state index in [1.165, 1.54) is 18.2 Å². The van der Waals surface area contributed by atoms with E-state index in [2.05, 4.69) is 10.6 Å². The molecule has 7 nitrogen and oxygen atoms in total. The van der Waals surface area contributed by atoms with Crippen molar-refractivity contribution in [1.29, 1.82) is 0 Å². The van der Waals surface area contributed by atoms with E-state index in [1.807, 2.05) is 31.2 Å². The number of hydrogen-bond donors (Lipinski definition) is 2. The number of nitrogens with zero attached hydrogens (tertiary/aromatic N) is 1. The highest BCUT2D eigenvalue weighted by molar-refractivity contribution is 6.32. The molecule has 25 heavy (non-hydrogen) atoms. The molecule has 2 aromatic rings. The number of anilines is 1. The van der Waals surface area contributed by atoms with Gasteiger partial charge in [-0.25, -0.2) is 4.79 Å². The minimum Gasteiger partial charge on any atom is -0.493 e. The fourth-order valence-corrected chi connectivity index (χ4v) is 2.27. The topological polar surface area (TPSA) is 93.5 Å². The Labute approximate surface area is 150 Å². The predicted octanol–water partition coefficient (Wildman–Crippen LogP) is 4.15. The molecule has 0 unspecified atom stereocenters. The number of para-hydroxylation sites is 1. The number of aryl methyl sites for hydroxylation is 1. The summed E-state index contributed by atoms with van der Waals surface area (Å²) in [4.78, 5) is 22.0. The quantitative estimate of drug-likeness (QED) is 0.439. The Morgan fingerprint density at radius 2 is 2.04 bits per heavy atom. The number of nitrogens with one attached hydrogen (secondary N) is 2. The maximum absolute atomic E-state index is 11.8. The maximum Gasteiger partial charge on any atom is 0.319 e. The average molecular weight is 364 g/mol. The van der Waals surface area contributed by atoms with Gasteiger partial charge >= 0.3 is 6.03 Å². The van der Waals surface area contributed by atoms with Gasteiger partial charge in [0, 0.05) is 18.3 Å². The molecule has 0 bridgehead atoms. The number of amides is 2. The Kier molecular flexibility index (Phi) is 6.59. The van der Waals surface area contributed by atoms with Crippen LogP contribution in [0.1, 0.15) is 12.0 Å². The molecule has 0 fully saturated rings. The lowest BCUT2D eigenvalue weighted by atomic mass is 10.2. The van der Waals surface area contributed by atoms with Gasteiger partial charge in [0.25, 0.3) is 5.69 Å². The zero-order valence-electron chi connectivity index (χ0n) is 13.6. The van der Waals surface area contributed by atoms with Gasteiger partial charge in [0.05, 0.1) is 11.5 Å². The summed E-state index contributed by atoms with van der Waals surface area (Å²) in [5, 5.41) is 16.0. The highest BCUT2D eigenvalue weighted by Crippen LogP contribution is 2.27. The van der Waals surface area contributed by atoms with Gasteiger partial charge in [0.2, 0.25) is 0 Å². The maximum atomic E-state index is 11.8. The van der Waals surface area contributed by atoms with Crippen molar-refractivity contribution in [2.75, 3.05) is 18.5 Å². The minimum absolute atomic E-state index is 0.0179. The molecule has 0 aliphatic rings. The second-order valence-corrected chi connectivity index (χ2v) is 5.68. The summed E-state index contributed by atoms with van der Waals surface area (Å²) < 4.78 is 5.63. The van der Waals surface area contributed by atoms with Crippen LogP contribution < -0.4 is 15.4 Å². The summed E-state index contributed by atoms with van der Waals surface area (Å²) in [6.07, 6.45) is 0.627. The fraction of sp³-hybridized carbons (Fsp3) is 0.235. The number of nitro groups is 1. The van der Waals surface area contributed by atoms with Crippen LogP contribution in [-0.4, -0.2) is 24.1 Å². The number of benzene rings is 2. The Bertz CT molecular complexity index is 767. The Morgan fingerprint density at radius 3 is 2.76 bits per heavy atom. The number of nitro benzene ring substituents is 1. The standard InChI is InChI=1S/C17H18ClN3O4/c1-12-5-2-3-6-16(12)25-10-4-9-19-17(22)20-13-7-8-14(18)15(11-13)21(23)24/h2-3,5-8,11H,4,9-10H2,1H3,(H2,19,20,22). The number of carbonyl (C=O) groups is 1. The summed E-state index contributed by atoms with van der Waals surface area (Å²) in [6, 6.07) is 11.3. The van der Waals surface area contributed by atoms with E-state index in [4.69, 9.17) is 16.3 Å². The third-order valence-corrected chi connectivity index (χ3v) is 3.68. The number of hydrogen-bond acceptors (Lipinski definition) is 4. The first-order chi connectivity index (χ1) is 12.0. The zero-order valence-corrected chi connectivity index (χ0v) is 14.4. The Balaban J connectivity index is 1.73. The van der Waals surface area contributed by atoms with Crippen molar-refractivity contribution in [3.63, 3.8) is 0 Å². The van der Waals surface area contributed by atoms with Gasteiger partial charge < -0.3 is 15.4 Å². The summed E-state index contributed by atoms with van der Waals surface area (Å²) >= 11 is 5.72. The van der Waals surface area contributed by atoms with Crippen molar-refractivity contribution in [1.82, 2.24) is 5.32 Å². The van der Waals surface area contributed by atoms with Gasteiger partial charge in [0.15, 0.2) is 0 Å². The first-order valence-electron chi connectivity index (χ1n) is 7.64. The molecule has 0 atom stereocenters. The van der Waals surface area contributed by atoms with Crippen LogP contribution >= 0.6 is 11.6 Å². The summed E-state index contributed by atoms with van der Waals surface area (Å²) in [5.41, 5.74) is 1.09. The molecule has 2 N–H and O–H groups in total. The normalized spacial score (nSPS) is 10.2. The van der Waals surface area contributed by atoms with Gasteiger partial charge in [-0.3, -0.25) is 10.1 Å². The van der Waals surface area contributed by atoms with E-state index in [-0.39, 0.29) is 10.7 Å².